The molecule has 0 amide bonds. The number of hydrogen-bond acceptors (Lipinski definition) is 3. The average Bonchev–Trinajstić information content (AvgIpc) is 2.62. The quantitative estimate of drug-likeness (QED) is 0.850. The number of nitrogens with zero attached hydrogens (tertiary/aromatic N) is 1. The minimum absolute atomic E-state index is 0.125. The summed E-state index contributed by atoms with van der Waals surface area (Å²) in [6.07, 6.45) is 5.14. The normalized spacial score (nSPS) is 21.0. The monoisotopic (exact) mass is 224 g/mol. The van der Waals surface area contributed by atoms with Crippen molar-refractivity contribution >= 4 is 11.3 Å². The van der Waals surface area contributed by atoms with Crippen LogP contribution in [0.3, 0.4) is 0 Å². The van der Waals surface area contributed by atoms with E-state index in [0.29, 0.717) is 5.92 Å². The van der Waals surface area contributed by atoms with Crippen molar-refractivity contribution in [1.82, 2.24) is 4.98 Å². The van der Waals surface area contributed by atoms with E-state index in [4.69, 9.17) is 10.7 Å². The molecule has 0 bridgehead atoms. The molecule has 3 heteroatoms. The zero-order chi connectivity index (χ0) is 10.8. The van der Waals surface area contributed by atoms with Gasteiger partial charge in [-0.05, 0) is 18.8 Å². The molecule has 0 radical (unpaired) electrons. The largest absolute Gasteiger partial charge is 0.322 e. The van der Waals surface area contributed by atoms with Crippen molar-refractivity contribution in [2.24, 2.45) is 11.7 Å². The van der Waals surface area contributed by atoms with Crippen LogP contribution in [0.4, 0.5) is 0 Å². The van der Waals surface area contributed by atoms with Crippen molar-refractivity contribution in [2.45, 2.75) is 51.5 Å². The van der Waals surface area contributed by atoms with Gasteiger partial charge in [-0.1, -0.05) is 26.7 Å². The molecule has 0 aliphatic heterocycles. The van der Waals surface area contributed by atoms with E-state index < -0.39 is 0 Å². The van der Waals surface area contributed by atoms with E-state index in [9.17, 15) is 0 Å². The van der Waals surface area contributed by atoms with Crippen LogP contribution >= 0.6 is 11.3 Å². The highest BCUT2D eigenvalue weighted by Gasteiger charge is 2.24. The lowest BCUT2D eigenvalue weighted by atomic mass is 9.86. The number of hydrogen-bond donors (Lipinski definition) is 1. The van der Waals surface area contributed by atoms with Crippen LogP contribution in [0.15, 0.2) is 5.38 Å². The van der Waals surface area contributed by atoms with Gasteiger partial charge < -0.3 is 5.73 Å². The van der Waals surface area contributed by atoms with E-state index in [1.165, 1.54) is 24.3 Å². The van der Waals surface area contributed by atoms with Crippen molar-refractivity contribution in [3.8, 4) is 0 Å². The van der Waals surface area contributed by atoms with Gasteiger partial charge in [0.05, 0.1) is 16.7 Å². The van der Waals surface area contributed by atoms with E-state index in [2.05, 4.69) is 19.2 Å². The molecule has 1 aromatic rings. The van der Waals surface area contributed by atoms with Crippen LogP contribution in [-0.4, -0.2) is 4.98 Å². The first-order valence-corrected chi connectivity index (χ1v) is 6.81. The molecule has 1 saturated carbocycles. The molecule has 0 spiro atoms. The highest BCUT2D eigenvalue weighted by Crippen LogP contribution is 2.38. The van der Waals surface area contributed by atoms with Crippen LogP contribution in [0.25, 0.3) is 0 Å². The third-order valence-corrected chi connectivity index (χ3v) is 4.62. The number of aromatic nitrogens is 1. The first-order valence-electron chi connectivity index (χ1n) is 5.93. The lowest BCUT2D eigenvalue weighted by Gasteiger charge is -2.22. The fourth-order valence-corrected chi connectivity index (χ4v) is 2.88. The second-order valence-corrected chi connectivity index (χ2v) is 5.54. The SMILES string of the molecule is CCC(C)C(N)c1csc(C2CCC2)n1. The number of rotatable bonds is 4. The van der Waals surface area contributed by atoms with Crippen LogP contribution in [0.5, 0.6) is 0 Å². The molecule has 15 heavy (non-hydrogen) atoms. The van der Waals surface area contributed by atoms with Gasteiger partial charge in [0.15, 0.2) is 0 Å². The Morgan fingerprint density at radius 2 is 2.33 bits per heavy atom. The molecule has 1 aromatic heterocycles. The average molecular weight is 224 g/mol. The van der Waals surface area contributed by atoms with Gasteiger partial charge in [0.1, 0.15) is 0 Å². The van der Waals surface area contributed by atoms with Gasteiger partial charge in [-0.25, -0.2) is 4.98 Å². The highest BCUT2D eigenvalue weighted by molar-refractivity contribution is 7.09. The maximum absolute atomic E-state index is 6.17. The van der Waals surface area contributed by atoms with Crippen LogP contribution in [0, 0.1) is 5.92 Å². The number of nitrogens with two attached hydrogens (primary N) is 1. The summed E-state index contributed by atoms with van der Waals surface area (Å²) in [4.78, 5) is 4.69. The predicted octanol–water partition coefficient (Wildman–Crippen LogP) is 3.46. The Labute approximate surface area is 95.9 Å². The van der Waals surface area contributed by atoms with Crippen molar-refractivity contribution in [3.05, 3.63) is 16.1 Å². The Morgan fingerprint density at radius 1 is 1.60 bits per heavy atom. The third-order valence-electron chi connectivity index (χ3n) is 3.59. The van der Waals surface area contributed by atoms with Crippen molar-refractivity contribution < 1.29 is 0 Å². The molecule has 2 N–H and O–H groups in total. The van der Waals surface area contributed by atoms with Gasteiger partial charge >= 0.3 is 0 Å². The summed E-state index contributed by atoms with van der Waals surface area (Å²) in [6.45, 7) is 4.39. The molecule has 2 unspecified atom stereocenters. The molecule has 0 aromatic carbocycles. The van der Waals surface area contributed by atoms with E-state index in [-0.39, 0.29) is 6.04 Å². The summed E-state index contributed by atoms with van der Waals surface area (Å²) in [5, 5.41) is 3.47. The Hall–Kier alpha value is -0.410. The standard InChI is InChI=1S/C12H20N2S/c1-3-8(2)11(13)10-7-15-12(14-10)9-5-4-6-9/h7-9,11H,3-6,13H2,1-2H3. The first-order chi connectivity index (χ1) is 7.22. The molecular weight excluding hydrogens is 204 g/mol. The molecule has 1 aliphatic carbocycles. The van der Waals surface area contributed by atoms with Gasteiger partial charge in [0.25, 0.3) is 0 Å². The minimum atomic E-state index is 0.125. The van der Waals surface area contributed by atoms with Gasteiger partial charge in [-0.3, -0.25) is 0 Å². The zero-order valence-electron chi connectivity index (χ0n) is 9.57. The Morgan fingerprint density at radius 3 is 2.87 bits per heavy atom. The van der Waals surface area contributed by atoms with E-state index in [1.807, 2.05) is 0 Å². The van der Waals surface area contributed by atoms with Crippen LogP contribution in [-0.2, 0) is 0 Å². The van der Waals surface area contributed by atoms with Gasteiger partial charge in [-0.2, -0.15) is 0 Å². The second kappa shape index (κ2) is 4.62. The highest BCUT2D eigenvalue weighted by atomic mass is 32.1. The van der Waals surface area contributed by atoms with E-state index in [1.54, 1.807) is 11.3 Å². The molecule has 84 valence electrons. The fourth-order valence-electron chi connectivity index (χ4n) is 1.84. The maximum atomic E-state index is 6.17. The molecule has 1 heterocycles. The molecule has 2 nitrogen and oxygen atoms in total. The summed E-state index contributed by atoms with van der Waals surface area (Å²) in [5.41, 5.74) is 7.27. The van der Waals surface area contributed by atoms with Crippen molar-refractivity contribution in [1.29, 1.82) is 0 Å². The molecule has 0 saturated heterocycles. The topological polar surface area (TPSA) is 38.9 Å². The summed E-state index contributed by atoms with van der Waals surface area (Å²) in [5.74, 6) is 1.27. The third kappa shape index (κ3) is 2.23. The lowest BCUT2D eigenvalue weighted by Crippen LogP contribution is -2.19. The second-order valence-electron chi connectivity index (χ2n) is 4.65. The molecular formula is C12H20N2S. The summed E-state index contributed by atoms with van der Waals surface area (Å²) in [7, 11) is 0. The molecule has 1 fully saturated rings. The predicted molar refractivity (Wildman–Crippen MR) is 65.1 cm³/mol. The molecule has 2 rings (SSSR count). The minimum Gasteiger partial charge on any atom is -0.322 e. The van der Waals surface area contributed by atoms with E-state index in [0.717, 1.165) is 18.0 Å². The fraction of sp³-hybridized carbons (Fsp3) is 0.750. The Kier molecular flexibility index (Phi) is 3.42. The zero-order valence-corrected chi connectivity index (χ0v) is 10.4. The van der Waals surface area contributed by atoms with Crippen molar-refractivity contribution in [2.75, 3.05) is 0 Å². The van der Waals surface area contributed by atoms with Gasteiger partial charge in [-0.15, -0.1) is 11.3 Å². The van der Waals surface area contributed by atoms with E-state index >= 15 is 0 Å². The molecule has 1 aliphatic rings. The van der Waals surface area contributed by atoms with Gasteiger partial charge in [0, 0.05) is 11.3 Å². The van der Waals surface area contributed by atoms with Crippen LogP contribution < -0.4 is 5.73 Å². The summed E-state index contributed by atoms with van der Waals surface area (Å²) < 4.78 is 0. The van der Waals surface area contributed by atoms with Crippen LogP contribution in [0.2, 0.25) is 0 Å². The summed E-state index contributed by atoms with van der Waals surface area (Å²) in [6, 6.07) is 0.125. The maximum Gasteiger partial charge on any atom is 0.0959 e. The Balaban J connectivity index is 2.05. The molecule has 2 atom stereocenters. The summed E-state index contributed by atoms with van der Waals surface area (Å²) >= 11 is 1.80. The lowest BCUT2D eigenvalue weighted by molar-refractivity contribution is 0.412. The smallest absolute Gasteiger partial charge is 0.0959 e. The van der Waals surface area contributed by atoms with Gasteiger partial charge in [0.2, 0.25) is 0 Å². The number of thiazole rings is 1. The first kappa shape index (κ1) is 11.1. The van der Waals surface area contributed by atoms with Crippen LogP contribution in [0.1, 0.15) is 62.2 Å². The van der Waals surface area contributed by atoms with Crippen molar-refractivity contribution in [3.63, 3.8) is 0 Å². The Bertz CT molecular complexity index is 317.